The van der Waals surface area contributed by atoms with Crippen LogP contribution in [0.1, 0.15) is 5.56 Å². The van der Waals surface area contributed by atoms with Crippen LogP contribution in [-0.2, 0) is 0 Å². The van der Waals surface area contributed by atoms with Gasteiger partial charge < -0.3 is 5.32 Å². The predicted octanol–water partition coefficient (Wildman–Crippen LogP) is 3.50. The average Bonchev–Trinajstić information content (AvgIpc) is 2.49. The minimum atomic E-state index is -0.850. The van der Waals surface area contributed by atoms with Crippen LogP contribution in [-0.4, -0.2) is 13.1 Å². The number of amides is 2. The molecular formula is C15H11F2N3O. The highest BCUT2D eigenvalue weighted by Gasteiger charge is 2.13. The molecule has 2 aromatic rings. The van der Waals surface area contributed by atoms with Gasteiger partial charge in [0.2, 0.25) is 0 Å². The van der Waals surface area contributed by atoms with Gasteiger partial charge in [-0.25, -0.2) is 13.6 Å². The van der Waals surface area contributed by atoms with Crippen molar-refractivity contribution in [1.29, 1.82) is 5.26 Å². The first kappa shape index (κ1) is 14.5. The molecule has 2 rings (SSSR count). The van der Waals surface area contributed by atoms with Crippen LogP contribution in [0.15, 0.2) is 42.5 Å². The molecule has 2 aromatic carbocycles. The van der Waals surface area contributed by atoms with Crippen LogP contribution >= 0.6 is 0 Å². The van der Waals surface area contributed by atoms with Gasteiger partial charge in [0.05, 0.1) is 17.3 Å². The first-order valence-electron chi connectivity index (χ1n) is 6.01. The summed E-state index contributed by atoms with van der Waals surface area (Å²) < 4.78 is 26.3. The van der Waals surface area contributed by atoms with E-state index in [4.69, 9.17) is 5.26 Å². The number of halogens is 2. The van der Waals surface area contributed by atoms with Gasteiger partial charge in [0.15, 0.2) is 0 Å². The van der Waals surface area contributed by atoms with Crippen molar-refractivity contribution in [3.05, 3.63) is 59.7 Å². The van der Waals surface area contributed by atoms with E-state index in [2.05, 4.69) is 5.32 Å². The molecule has 0 saturated heterocycles. The van der Waals surface area contributed by atoms with Crippen molar-refractivity contribution in [2.75, 3.05) is 17.3 Å². The zero-order valence-electron chi connectivity index (χ0n) is 11.1. The summed E-state index contributed by atoms with van der Waals surface area (Å²) >= 11 is 0. The summed E-state index contributed by atoms with van der Waals surface area (Å²) in [5.41, 5.74) is 0.896. The third-order valence-corrected chi connectivity index (χ3v) is 2.86. The minimum absolute atomic E-state index is 0.109. The zero-order chi connectivity index (χ0) is 15.4. The Morgan fingerprint density at radius 2 is 1.86 bits per heavy atom. The van der Waals surface area contributed by atoms with Gasteiger partial charge >= 0.3 is 6.03 Å². The van der Waals surface area contributed by atoms with Crippen LogP contribution in [0.2, 0.25) is 0 Å². The summed E-state index contributed by atoms with van der Waals surface area (Å²) in [5.74, 6) is -1.57. The van der Waals surface area contributed by atoms with E-state index in [1.807, 2.05) is 6.07 Å². The van der Waals surface area contributed by atoms with Gasteiger partial charge in [-0.1, -0.05) is 0 Å². The summed E-state index contributed by atoms with van der Waals surface area (Å²) in [7, 11) is 1.50. The van der Waals surface area contributed by atoms with Crippen molar-refractivity contribution in [2.45, 2.75) is 0 Å². The molecule has 1 N–H and O–H groups in total. The first-order valence-corrected chi connectivity index (χ1v) is 6.01. The molecule has 0 fully saturated rings. The van der Waals surface area contributed by atoms with E-state index >= 15 is 0 Å². The summed E-state index contributed by atoms with van der Waals surface area (Å²) in [5, 5.41) is 11.1. The standard InChI is InChI=1S/C15H11F2N3O/c1-20(12-5-2-10(9-18)3-6-12)15(21)19-14-7-4-11(16)8-13(14)17/h2-8H,1H3,(H,19,21). The maximum Gasteiger partial charge on any atom is 0.326 e. The van der Waals surface area contributed by atoms with E-state index in [1.54, 1.807) is 24.3 Å². The normalized spacial score (nSPS) is 9.81. The molecule has 0 aromatic heterocycles. The highest BCUT2D eigenvalue weighted by atomic mass is 19.1. The molecule has 6 heteroatoms. The van der Waals surface area contributed by atoms with Crippen LogP contribution in [0.25, 0.3) is 0 Å². The third-order valence-electron chi connectivity index (χ3n) is 2.86. The van der Waals surface area contributed by atoms with Gasteiger partial charge in [-0.05, 0) is 36.4 Å². The van der Waals surface area contributed by atoms with Gasteiger partial charge in [-0.2, -0.15) is 5.26 Å². The Balaban J connectivity index is 2.13. The highest BCUT2D eigenvalue weighted by molar-refractivity contribution is 6.01. The van der Waals surface area contributed by atoms with Gasteiger partial charge in [-0.15, -0.1) is 0 Å². The molecule has 0 atom stereocenters. The molecule has 106 valence electrons. The van der Waals surface area contributed by atoms with Crippen molar-refractivity contribution in [2.24, 2.45) is 0 Å². The van der Waals surface area contributed by atoms with Crippen molar-refractivity contribution in [3.8, 4) is 6.07 Å². The maximum absolute atomic E-state index is 13.5. The second-order valence-corrected chi connectivity index (χ2v) is 4.27. The van der Waals surface area contributed by atoms with Gasteiger partial charge in [0.1, 0.15) is 11.6 Å². The molecule has 2 amide bonds. The van der Waals surface area contributed by atoms with E-state index in [1.165, 1.54) is 11.9 Å². The Bertz CT molecular complexity index is 708. The predicted molar refractivity (Wildman–Crippen MR) is 74.9 cm³/mol. The summed E-state index contributed by atoms with van der Waals surface area (Å²) in [6, 6.07) is 10.6. The fraction of sp³-hybridized carbons (Fsp3) is 0.0667. The Morgan fingerprint density at radius 3 is 2.43 bits per heavy atom. The number of carbonyl (C=O) groups excluding carboxylic acids is 1. The Kier molecular flexibility index (Phi) is 4.14. The summed E-state index contributed by atoms with van der Waals surface area (Å²) in [6.45, 7) is 0. The van der Waals surface area contributed by atoms with E-state index in [0.717, 1.165) is 12.1 Å². The molecule has 0 spiro atoms. The minimum Gasteiger partial charge on any atom is -0.305 e. The topological polar surface area (TPSA) is 56.1 Å². The van der Waals surface area contributed by atoms with Gasteiger partial charge in [0.25, 0.3) is 0 Å². The van der Waals surface area contributed by atoms with Crippen molar-refractivity contribution in [1.82, 2.24) is 0 Å². The SMILES string of the molecule is CN(C(=O)Nc1ccc(F)cc1F)c1ccc(C#N)cc1. The molecule has 0 aliphatic carbocycles. The van der Waals surface area contributed by atoms with Crippen LogP contribution in [0, 0.1) is 23.0 Å². The number of hydrogen-bond donors (Lipinski definition) is 1. The lowest BCUT2D eigenvalue weighted by molar-refractivity contribution is 0.258. The lowest BCUT2D eigenvalue weighted by atomic mass is 10.2. The molecule has 0 aliphatic heterocycles. The van der Waals surface area contributed by atoms with E-state index in [9.17, 15) is 13.6 Å². The van der Waals surface area contributed by atoms with E-state index in [0.29, 0.717) is 17.3 Å². The first-order chi connectivity index (χ1) is 10.0. The number of nitrogens with one attached hydrogen (secondary N) is 1. The number of urea groups is 1. The smallest absolute Gasteiger partial charge is 0.305 e. The molecule has 21 heavy (non-hydrogen) atoms. The molecule has 0 unspecified atom stereocenters. The third kappa shape index (κ3) is 3.34. The fourth-order valence-electron chi connectivity index (χ4n) is 1.67. The molecule has 4 nitrogen and oxygen atoms in total. The summed E-state index contributed by atoms with van der Waals surface area (Å²) in [4.78, 5) is 13.2. The summed E-state index contributed by atoms with van der Waals surface area (Å²) in [6.07, 6.45) is 0. The number of nitrogens with zero attached hydrogens (tertiary/aromatic N) is 2. The quantitative estimate of drug-likeness (QED) is 0.919. The molecule has 0 bridgehead atoms. The monoisotopic (exact) mass is 287 g/mol. The molecule has 0 aliphatic rings. The second kappa shape index (κ2) is 6.01. The molecule has 0 heterocycles. The fourth-order valence-corrected chi connectivity index (χ4v) is 1.67. The number of anilines is 2. The second-order valence-electron chi connectivity index (χ2n) is 4.27. The number of rotatable bonds is 2. The average molecular weight is 287 g/mol. The lowest BCUT2D eigenvalue weighted by Crippen LogP contribution is -2.31. The number of benzene rings is 2. The van der Waals surface area contributed by atoms with Gasteiger partial charge in [0, 0.05) is 18.8 Å². The van der Waals surface area contributed by atoms with Crippen molar-refractivity contribution >= 4 is 17.4 Å². The number of nitriles is 1. The van der Waals surface area contributed by atoms with E-state index < -0.39 is 17.7 Å². The van der Waals surface area contributed by atoms with Crippen LogP contribution in [0.3, 0.4) is 0 Å². The van der Waals surface area contributed by atoms with Crippen molar-refractivity contribution < 1.29 is 13.6 Å². The Labute approximate surface area is 120 Å². The number of carbonyl (C=O) groups is 1. The van der Waals surface area contributed by atoms with Crippen LogP contribution in [0.4, 0.5) is 25.0 Å². The van der Waals surface area contributed by atoms with Gasteiger partial charge in [-0.3, -0.25) is 4.90 Å². The number of hydrogen-bond acceptors (Lipinski definition) is 2. The zero-order valence-corrected chi connectivity index (χ0v) is 11.1. The maximum atomic E-state index is 13.5. The van der Waals surface area contributed by atoms with E-state index in [-0.39, 0.29) is 5.69 Å². The van der Waals surface area contributed by atoms with Crippen LogP contribution < -0.4 is 10.2 Å². The molecule has 0 saturated carbocycles. The molecular weight excluding hydrogens is 276 g/mol. The Morgan fingerprint density at radius 1 is 1.19 bits per heavy atom. The Hall–Kier alpha value is -2.94. The highest BCUT2D eigenvalue weighted by Crippen LogP contribution is 2.18. The lowest BCUT2D eigenvalue weighted by Gasteiger charge is -2.18. The van der Waals surface area contributed by atoms with Crippen LogP contribution in [0.5, 0.6) is 0 Å². The largest absolute Gasteiger partial charge is 0.326 e. The van der Waals surface area contributed by atoms with Crippen molar-refractivity contribution in [3.63, 3.8) is 0 Å². The molecule has 0 radical (unpaired) electrons.